The molecular weight excluding hydrogens is 218 g/mol. The zero-order valence-corrected chi connectivity index (χ0v) is 11.0. The molecule has 0 spiro atoms. The highest BCUT2D eigenvalue weighted by molar-refractivity contribution is 7.98. The Labute approximate surface area is 103 Å². The van der Waals surface area contributed by atoms with Crippen molar-refractivity contribution in [3.05, 3.63) is 35.4 Å². The van der Waals surface area contributed by atoms with Gasteiger partial charge in [0.25, 0.3) is 0 Å². The predicted molar refractivity (Wildman–Crippen MR) is 72.1 cm³/mol. The summed E-state index contributed by atoms with van der Waals surface area (Å²) in [4.78, 5) is 0. The summed E-state index contributed by atoms with van der Waals surface area (Å²) in [5.41, 5.74) is 2.84. The Bertz CT molecular complexity index is 291. The van der Waals surface area contributed by atoms with E-state index < -0.39 is 0 Å². The van der Waals surface area contributed by atoms with Crippen molar-refractivity contribution in [2.45, 2.75) is 12.7 Å². The van der Waals surface area contributed by atoms with Gasteiger partial charge < -0.3 is 10.1 Å². The van der Waals surface area contributed by atoms with Gasteiger partial charge in [-0.15, -0.1) is 0 Å². The first kappa shape index (κ1) is 13.6. The fourth-order valence-corrected chi connectivity index (χ4v) is 2.37. The number of nitrogens with one attached hydrogen (secondary N) is 1. The number of hydrogen-bond acceptors (Lipinski definition) is 3. The van der Waals surface area contributed by atoms with Gasteiger partial charge in [-0.2, -0.15) is 11.8 Å². The van der Waals surface area contributed by atoms with Crippen molar-refractivity contribution >= 4 is 11.8 Å². The topological polar surface area (TPSA) is 21.3 Å². The molecule has 0 bridgehead atoms. The van der Waals surface area contributed by atoms with Gasteiger partial charge in [0.2, 0.25) is 0 Å². The van der Waals surface area contributed by atoms with Gasteiger partial charge in [-0.3, -0.25) is 0 Å². The molecule has 0 radical (unpaired) electrons. The van der Waals surface area contributed by atoms with Crippen molar-refractivity contribution in [1.29, 1.82) is 0 Å². The van der Waals surface area contributed by atoms with Crippen LogP contribution >= 0.6 is 11.8 Å². The smallest absolute Gasteiger partial charge is 0.0587 e. The Kier molecular flexibility index (Phi) is 7.30. The summed E-state index contributed by atoms with van der Waals surface area (Å²) in [6.45, 7) is 4.97. The zero-order valence-electron chi connectivity index (χ0n) is 10.2. The molecule has 3 heteroatoms. The van der Waals surface area contributed by atoms with Gasteiger partial charge in [0.1, 0.15) is 0 Å². The highest BCUT2D eigenvalue weighted by Gasteiger charge is 1.96. The van der Waals surface area contributed by atoms with E-state index in [0.29, 0.717) is 0 Å². The number of aryl methyl sites for hydroxylation is 1. The molecule has 1 rings (SSSR count). The lowest BCUT2D eigenvalue weighted by Crippen LogP contribution is -2.21. The molecule has 0 saturated heterocycles. The van der Waals surface area contributed by atoms with Crippen LogP contribution in [0.15, 0.2) is 24.3 Å². The van der Waals surface area contributed by atoms with Crippen LogP contribution < -0.4 is 5.32 Å². The van der Waals surface area contributed by atoms with E-state index in [4.69, 9.17) is 4.74 Å². The van der Waals surface area contributed by atoms with Crippen LogP contribution in [0.3, 0.4) is 0 Å². The molecule has 0 fully saturated rings. The van der Waals surface area contributed by atoms with Crippen molar-refractivity contribution < 1.29 is 4.74 Å². The molecule has 0 unspecified atom stereocenters. The number of ether oxygens (including phenoxy) is 1. The summed E-state index contributed by atoms with van der Waals surface area (Å²) in [6.07, 6.45) is 0. The van der Waals surface area contributed by atoms with Gasteiger partial charge >= 0.3 is 0 Å². The summed E-state index contributed by atoms with van der Waals surface area (Å²) >= 11 is 1.98. The Balaban J connectivity index is 2.05. The van der Waals surface area contributed by atoms with E-state index in [2.05, 4.69) is 36.5 Å². The van der Waals surface area contributed by atoms with Crippen molar-refractivity contribution in [1.82, 2.24) is 5.32 Å². The minimum atomic E-state index is 0.794. The van der Waals surface area contributed by atoms with Crippen molar-refractivity contribution in [3.63, 3.8) is 0 Å². The van der Waals surface area contributed by atoms with E-state index in [0.717, 1.165) is 31.2 Å². The van der Waals surface area contributed by atoms with Gasteiger partial charge in [-0.05, 0) is 18.1 Å². The molecule has 0 saturated carbocycles. The van der Waals surface area contributed by atoms with Gasteiger partial charge in [-0.1, -0.05) is 24.3 Å². The van der Waals surface area contributed by atoms with E-state index in [1.807, 2.05) is 11.8 Å². The van der Waals surface area contributed by atoms with Gasteiger partial charge in [0, 0.05) is 31.7 Å². The lowest BCUT2D eigenvalue weighted by Gasteiger charge is -2.06. The van der Waals surface area contributed by atoms with Crippen molar-refractivity contribution in [3.8, 4) is 0 Å². The van der Waals surface area contributed by atoms with Crippen LogP contribution in [0.1, 0.15) is 11.1 Å². The Morgan fingerprint density at radius 2 is 2.06 bits per heavy atom. The molecule has 90 valence electrons. The van der Waals surface area contributed by atoms with E-state index in [1.165, 1.54) is 11.1 Å². The maximum absolute atomic E-state index is 4.96. The molecule has 0 aliphatic carbocycles. The minimum absolute atomic E-state index is 0.794. The van der Waals surface area contributed by atoms with Crippen LogP contribution in [0.2, 0.25) is 0 Å². The monoisotopic (exact) mass is 239 g/mol. The summed E-state index contributed by atoms with van der Waals surface area (Å²) < 4.78 is 4.96. The molecule has 2 nitrogen and oxygen atoms in total. The Hall–Kier alpha value is -0.510. The van der Waals surface area contributed by atoms with E-state index >= 15 is 0 Å². The number of methoxy groups -OCH3 is 1. The molecule has 0 atom stereocenters. The third-order valence-corrected chi connectivity index (χ3v) is 3.43. The number of hydrogen-bond donors (Lipinski definition) is 1. The SMILES string of the molecule is COCCNCCSCc1ccccc1C. The van der Waals surface area contributed by atoms with Crippen LogP contribution in [0.25, 0.3) is 0 Å². The maximum atomic E-state index is 4.96. The second kappa shape index (κ2) is 8.62. The van der Waals surface area contributed by atoms with E-state index in [1.54, 1.807) is 7.11 Å². The zero-order chi connectivity index (χ0) is 11.6. The second-order valence-corrected chi connectivity index (χ2v) is 4.83. The molecule has 1 aromatic rings. The van der Waals surface area contributed by atoms with Crippen LogP contribution in [0.4, 0.5) is 0 Å². The third-order valence-electron chi connectivity index (χ3n) is 2.42. The molecule has 0 heterocycles. The van der Waals surface area contributed by atoms with E-state index in [-0.39, 0.29) is 0 Å². The highest BCUT2D eigenvalue weighted by atomic mass is 32.2. The molecule has 0 aromatic heterocycles. The molecule has 0 aliphatic rings. The highest BCUT2D eigenvalue weighted by Crippen LogP contribution is 2.14. The fraction of sp³-hybridized carbons (Fsp3) is 0.538. The summed E-state index contributed by atoms with van der Waals surface area (Å²) in [5.74, 6) is 2.26. The average molecular weight is 239 g/mol. The lowest BCUT2D eigenvalue weighted by atomic mass is 10.1. The Morgan fingerprint density at radius 1 is 1.25 bits per heavy atom. The fourth-order valence-electron chi connectivity index (χ4n) is 1.40. The molecule has 0 aliphatic heterocycles. The first-order valence-corrected chi connectivity index (χ1v) is 6.82. The van der Waals surface area contributed by atoms with Gasteiger partial charge in [-0.25, -0.2) is 0 Å². The number of benzene rings is 1. The third kappa shape index (κ3) is 5.54. The molecule has 0 amide bonds. The van der Waals surface area contributed by atoms with Gasteiger partial charge in [0.05, 0.1) is 6.61 Å². The molecular formula is C13H21NOS. The van der Waals surface area contributed by atoms with Crippen molar-refractivity contribution in [2.24, 2.45) is 0 Å². The molecule has 1 N–H and O–H groups in total. The largest absolute Gasteiger partial charge is 0.383 e. The minimum Gasteiger partial charge on any atom is -0.383 e. The molecule has 16 heavy (non-hydrogen) atoms. The van der Waals surface area contributed by atoms with Crippen LogP contribution in [0.5, 0.6) is 0 Å². The number of thioether (sulfide) groups is 1. The first-order chi connectivity index (χ1) is 7.84. The lowest BCUT2D eigenvalue weighted by molar-refractivity contribution is 0.200. The number of rotatable bonds is 8. The first-order valence-electron chi connectivity index (χ1n) is 5.66. The summed E-state index contributed by atoms with van der Waals surface area (Å²) in [6, 6.07) is 8.59. The average Bonchev–Trinajstić information content (AvgIpc) is 2.30. The summed E-state index contributed by atoms with van der Waals surface area (Å²) in [7, 11) is 1.73. The predicted octanol–water partition coefficient (Wildman–Crippen LogP) is 2.46. The van der Waals surface area contributed by atoms with Crippen molar-refractivity contribution in [2.75, 3.05) is 32.6 Å². The van der Waals surface area contributed by atoms with Crippen LogP contribution in [-0.2, 0) is 10.5 Å². The van der Waals surface area contributed by atoms with Crippen LogP contribution in [-0.4, -0.2) is 32.6 Å². The molecule has 1 aromatic carbocycles. The second-order valence-electron chi connectivity index (χ2n) is 3.72. The van der Waals surface area contributed by atoms with E-state index in [9.17, 15) is 0 Å². The normalized spacial score (nSPS) is 10.6. The standard InChI is InChI=1S/C13H21NOS/c1-12-5-3-4-6-13(12)11-16-10-8-14-7-9-15-2/h3-6,14H,7-11H2,1-2H3. The summed E-state index contributed by atoms with van der Waals surface area (Å²) in [5, 5.41) is 3.34. The van der Waals surface area contributed by atoms with Gasteiger partial charge in [0.15, 0.2) is 0 Å². The van der Waals surface area contributed by atoms with Crippen LogP contribution in [0, 0.1) is 6.92 Å². The Morgan fingerprint density at radius 3 is 2.81 bits per heavy atom. The quantitative estimate of drug-likeness (QED) is 0.704. The maximum Gasteiger partial charge on any atom is 0.0587 e.